The van der Waals surface area contributed by atoms with Crippen molar-refractivity contribution in [2.45, 2.75) is 24.2 Å². The summed E-state index contributed by atoms with van der Waals surface area (Å²) in [6.07, 6.45) is 1.32. The maximum Gasteiger partial charge on any atom is 0.287 e. The minimum absolute atomic E-state index is 0.400. The van der Waals surface area contributed by atoms with E-state index in [-0.39, 0.29) is 0 Å². The van der Waals surface area contributed by atoms with E-state index in [1.807, 2.05) is 24.3 Å². The summed E-state index contributed by atoms with van der Waals surface area (Å²) < 4.78 is 26.7. The second kappa shape index (κ2) is 5.17. The van der Waals surface area contributed by atoms with Gasteiger partial charge in [-0.25, -0.2) is 8.78 Å². The Morgan fingerprint density at radius 2 is 1.95 bits per heavy atom. The average Bonchev–Trinajstić information content (AvgIpc) is 3.18. The lowest BCUT2D eigenvalue weighted by molar-refractivity contribution is -0.126. The molecular formula is C13H14BrF2NO2. The van der Waals surface area contributed by atoms with Crippen LogP contribution in [0.5, 0.6) is 0 Å². The quantitative estimate of drug-likeness (QED) is 0.868. The number of halogens is 3. The zero-order chi connectivity index (χ0) is 14.1. The summed E-state index contributed by atoms with van der Waals surface area (Å²) in [5.74, 6) is -3.67. The number of rotatable bonds is 5. The number of carbonyl (C=O) groups is 1. The van der Waals surface area contributed by atoms with E-state index >= 15 is 0 Å². The molecule has 2 N–H and O–H groups in total. The molecule has 0 heterocycles. The van der Waals surface area contributed by atoms with Crippen LogP contribution in [0.15, 0.2) is 28.7 Å². The molecule has 1 fully saturated rings. The molecule has 0 spiro atoms. The van der Waals surface area contributed by atoms with Crippen LogP contribution in [0, 0.1) is 0 Å². The molecule has 19 heavy (non-hydrogen) atoms. The van der Waals surface area contributed by atoms with Crippen LogP contribution in [0.4, 0.5) is 8.78 Å². The lowest BCUT2D eigenvalue weighted by atomic mass is 9.95. The molecule has 6 heteroatoms. The fourth-order valence-corrected chi connectivity index (χ4v) is 2.24. The molecule has 0 unspecified atom stereocenters. The van der Waals surface area contributed by atoms with Gasteiger partial charge in [-0.05, 0) is 30.5 Å². The van der Waals surface area contributed by atoms with Crippen LogP contribution in [-0.2, 0) is 10.2 Å². The van der Waals surface area contributed by atoms with E-state index < -0.39 is 30.4 Å². The largest absolute Gasteiger partial charge is 0.390 e. The molecule has 1 amide bonds. The van der Waals surface area contributed by atoms with Gasteiger partial charge in [0.05, 0.1) is 12.0 Å². The Kier molecular flexibility index (Phi) is 3.92. The Hall–Kier alpha value is -1.01. The highest BCUT2D eigenvalue weighted by atomic mass is 79.9. The van der Waals surface area contributed by atoms with Crippen LogP contribution >= 0.6 is 15.9 Å². The van der Waals surface area contributed by atoms with Crippen molar-refractivity contribution in [3.63, 3.8) is 0 Å². The Labute approximate surface area is 118 Å². The summed E-state index contributed by atoms with van der Waals surface area (Å²) in [6.45, 7) is -2.10. The van der Waals surface area contributed by atoms with Crippen molar-refractivity contribution in [1.82, 2.24) is 5.32 Å². The van der Waals surface area contributed by atoms with Gasteiger partial charge in [0.25, 0.3) is 5.92 Å². The maximum absolute atomic E-state index is 12.9. The van der Waals surface area contributed by atoms with E-state index in [0.717, 1.165) is 10.0 Å². The molecule has 0 radical (unpaired) electrons. The second-order valence-corrected chi connectivity index (χ2v) is 5.70. The molecule has 104 valence electrons. The number of carbonyl (C=O) groups excluding carboxylic acids is 1. The van der Waals surface area contributed by atoms with Crippen molar-refractivity contribution in [3.8, 4) is 0 Å². The van der Waals surface area contributed by atoms with Crippen LogP contribution < -0.4 is 5.32 Å². The van der Waals surface area contributed by atoms with Gasteiger partial charge in [0.15, 0.2) is 0 Å². The average molecular weight is 334 g/mol. The summed E-state index contributed by atoms with van der Waals surface area (Å²) in [4.78, 5) is 12.0. The van der Waals surface area contributed by atoms with Crippen LogP contribution in [0.3, 0.4) is 0 Å². The summed E-state index contributed by atoms with van der Waals surface area (Å²) in [5, 5.41) is 10.7. The Balaban J connectivity index is 2.04. The fraction of sp³-hybridized carbons (Fsp3) is 0.462. The number of amides is 1. The monoisotopic (exact) mass is 333 g/mol. The number of benzene rings is 1. The van der Waals surface area contributed by atoms with Gasteiger partial charge >= 0.3 is 0 Å². The standard InChI is InChI=1S/C13H14BrF2NO2/c14-10-3-1-9(2-4-10)12(5-6-12)11(19)17-7-13(15,16)8-18/h1-4,18H,5-8H2,(H,17,19). The SMILES string of the molecule is O=C(NCC(F)(F)CO)C1(c2ccc(Br)cc2)CC1. The van der Waals surface area contributed by atoms with Crippen molar-refractivity contribution in [3.05, 3.63) is 34.3 Å². The smallest absolute Gasteiger partial charge is 0.287 e. The lowest BCUT2D eigenvalue weighted by Crippen LogP contribution is -2.43. The molecule has 3 nitrogen and oxygen atoms in total. The van der Waals surface area contributed by atoms with E-state index in [2.05, 4.69) is 21.2 Å². The topological polar surface area (TPSA) is 49.3 Å². The Morgan fingerprint density at radius 1 is 1.37 bits per heavy atom. The van der Waals surface area contributed by atoms with E-state index in [0.29, 0.717) is 12.8 Å². The van der Waals surface area contributed by atoms with Gasteiger partial charge in [0, 0.05) is 4.47 Å². The third-order valence-electron chi connectivity index (χ3n) is 3.32. The molecule has 0 aliphatic heterocycles. The van der Waals surface area contributed by atoms with Crippen molar-refractivity contribution in [2.24, 2.45) is 0 Å². The van der Waals surface area contributed by atoms with Crippen LogP contribution in [-0.4, -0.2) is 30.1 Å². The van der Waals surface area contributed by atoms with Crippen LogP contribution in [0.2, 0.25) is 0 Å². The van der Waals surface area contributed by atoms with Gasteiger partial charge in [0.2, 0.25) is 5.91 Å². The van der Waals surface area contributed by atoms with Crippen molar-refractivity contribution in [1.29, 1.82) is 0 Å². The van der Waals surface area contributed by atoms with E-state index in [1.54, 1.807) is 0 Å². The normalized spacial score (nSPS) is 17.1. The van der Waals surface area contributed by atoms with Crippen molar-refractivity contribution in [2.75, 3.05) is 13.2 Å². The molecule has 0 atom stereocenters. The second-order valence-electron chi connectivity index (χ2n) is 4.79. The van der Waals surface area contributed by atoms with Gasteiger partial charge in [-0.15, -0.1) is 0 Å². The van der Waals surface area contributed by atoms with E-state index in [1.165, 1.54) is 0 Å². The predicted octanol–water partition coefficient (Wildman–Crippen LogP) is 2.22. The number of alkyl halides is 2. The molecule has 1 aromatic rings. The van der Waals surface area contributed by atoms with Crippen molar-refractivity contribution >= 4 is 21.8 Å². The Bertz CT molecular complexity index is 472. The first-order chi connectivity index (χ1) is 8.89. The van der Waals surface area contributed by atoms with Gasteiger partial charge in [-0.1, -0.05) is 28.1 Å². The molecule has 1 aliphatic carbocycles. The highest BCUT2D eigenvalue weighted by molar-refractivity contribution is 9.10. The number of hydrogen-bond donors (Lipinski definition) is 2. The minimum Gasteiger partial charge on any atom is -0.390 e. The van der Waals surface area contributed by atoms with Crippen LogP contribution in [0.25, 0.3) is 0 Å². The van der Waals surface area contributed by atoms with Gasteiger partial charge in [0.1, 0.15) is 6.61 Å². The third-order valence-corrected chi connectivity index (χ3v) is 3.85. The molecule has 1 saturated carbocycles. The molecular weight excluding hydrogens is 320 g/mol. The van der Waals surface area contributed by atoms with Gasteiger partial charge in [-0.3, -0.25) is 4.79 Å². The first kappa shape index (κ1) is 14.4. The summed E-state index contributed by atoms with van der Waals surface area (Å²) >= 11 is 3.31. The number of nitrogens with one attached hydrogen (secondary N) is 1. The number of aliphatic hydroxyl groups is 1. The molecule has 1 aliphatic rings. The maximum atomic E-state index is 12.9. The van der Waals surface area contributed by atoms with E-state index in [4.69, 9.17) is 5.11 Å². The summed E-state index contributed by atoms with van der Waals surface area (Å²) in [7, 11) is 0. The fourth-order valence-electron chi connectivity index (χ4n) is 1.98. The van der Waals surface area contributed by atoms with Gasteiger partial charge in [-0.2, -0.15) is 0 Å². The van der Waals surface area contributed by atoms with Crippen molar-refractivity contribution < 1.29 is 18.7 Å². The lowest BCUT2D eigenvalue weighted by Gasteiger charge is -2.19. The molecule has 2 rings (SSSR count). The highest BCUT2D eigenvalue weighted by Crippen LogP contribution is 2.48. The summed E-state index contributed by atoms with van der Waals surface area (Å²) in [5.41, 5.74) is 0.159. The van der Waals surface area contributed by atoms with Crippen LogP contribution in [0.1, 0.15) is 18.4 Å². The molecule has 1 aromatic carbocycles. The molecule has 0 saturated heterocycles. The highest BCUT2D eigenvalue weighted by Gasteiger charge is 2.51. The van der Waals surface area contributed by atoms with Gasteiger partial charge < -0.3 is 10.4 Å². The zero-order valence-electron chi connectivity index (χ0n) is 10.1. The third kappa shape index (κ3) is 3.12. The first-order valence-electron chi connectivity index (χ1n) is 5.93. The molecule has 0 bridgehead atoms. The predicted molar refractivity (Wildman–Crippen MR) is 70.1 cm³/mol. The molecule has 0 aromatic heterocycles. The van der Waals surface area contributed by atoms with E-state index in [9.17, 15) is 13.6 Å². The zero-order valence-corrected chi connectivity index (χ0v) is 11.7. The Morgan fingerprint density at radius 3 is 2.42 bits per heavy atom. The number of aliphatic hydroxyl groups excluding tert-OH is 1. The number of hydrogen-bond acceptors (Lipinski definition) is 2. The minimum atomic E-state index is -3.27. The summed E-state index contributed by atoms with van der Waals surface area (Å²) in [6, 6.07) is 7.29. The first-order valence-corrected chi connectivity index (χ1v) is 6.72.